The van der Waals surface area contributed by atoms with Gasteiger partial charge in [0.2, 0.25) is 0 Å². The first-order valence-corrected chi connectivity index (χ1v) is 10.7. The van der Waals surface area contributed by atoms with Gasteiger partial charge in [-0.25, -0.2) is 4.79 Å². The minimum Gasteiger partial charge on any atom is -0.497 e. The Morgan fingerprint density at radius 3 is 2.53 bits per heavy atom. The molecule has 1 atom stereocenters. The fraction of sp³-hybridized carbons (Fsp3) is 0.478. The molecule has 1 heterocycles. The molecule has 1 aromatic rings. The molecular weight excluding hydrogens is 450 g/mol. The van der Waals surface area contributed by atoms with Gasteiger partial charge in [0.1, 0.15) is 11.5 Å². The van der Waals surface area contributed by atoms with Crippen molar-refractivity contribution in [2.45, 2.75) is 46.5 Å². The highest BCUT2D eigenvalue weighted by atomic mass is 79.9. The first-order valence-electron chi connectivity index (χ1n) is 9.96. The van der Waals surface area contributed by atoms with Gasteiger partial charge < -0.3 is 19.5 Å². The summed E-state index contributed by atoms with van der Waals surface area (Å²) < 4.78 is 17.2. The molecule has 6 nitrogen and oxygen atoms in total. The molecule has 0 spiro atoms. The summed E-state index contributed by atoms with van der Waals surface area (Å²) in [6.45, 7) is 8.01. The van der Waals surface area contributed by atoms with Crippen LogP contribution in [0.1, 0.15) is 52.0 Å². The Bertz CT molecular complexity index is 961. The van der Waals surface area contributed by atoms with E-state index in [1.54, 1.807) is 27.2 Å². The fourth-order valence-electron chi connectivity index (χ4n) is 4.36. The summed E-state index contributed by atoms with van der Waals surface area (Å²) in [5.74, 6) is 0.126. The lowest BCUT2D eigenvalue weighted by molar-refractivity contribution is -0.138. The monoisotopic (exact) mass is 477 g/mol. The van der Waals surface area contributed by atoms with Crippen molar-refractivity contribution >= 4 is 27.7 Å². The van der Waals surface area contributed by atoms with Crippen molar-refractivity contribution in [2.24, 2.45) is 5.41 Å². The molecule has 1 aliphatic heterocycles. The van der Waals surface area contributed by atoms with Crippen molar-refractivity contribution in [1.82, 2.24) is 5.32 Å². The average Bonchev–Trinajstić information content (AvgIpc) is 2.65. The zero-order valence-electron chi connectivity index (χ0n) is 18.3. The molecule has 0 fully saturated rings. The van der Waals surface area contributed by atoms with Gasteiger partial charge in [-0.15, -0.1) is 0 Å². The highest BCUT2D eigenvalue weighted by Gasteiger charge is 2.44. The van der Waals surface area contributed by atoms with E-state index in [0.717, 1.165) is 5.70 Å². The van der Waals surface area contributed by atoms with Crippen molar-refractivity contribution in [3.8, 4) is 11.5 Å². The Morgan fingerprint density at radius 1 is 1.23 bits per heavy atom. The van der Waals surface area contributed by atoms with Crippen LogP contribution in [0.2, 0.25) is 0 Å². The number of Topliss-reactive ketones (excluding diaryl/α,β-unsaturated/α-hetero) is 1. The van der Waals surface area contributed by atoms with E-state index in [-0.39, 0.29) is 17.8 Å². The number of hydrogen-bond acceptors (Lipinski definition) is 6. The standard InChI is InChI=1S/C23H28BrNO5/c1-7-30-22(27)18-12(2)25-16-10-23(3,4)11-17(26)20(16)19(18)14-8-13(28-5)9-15(24)21(14)29-6/h8-9,19,25H,7,10-11H2,1-6H3/t19-/m0/s1. The number of halogens is 1. The molecule has 162 valence electrons. The third-order valence-electron chi connectivity index (χ3n) is 5.53. The summed E-state index contributed by atoms with van der Waals surface area (Å²) >= 11 is 3.54. The maximum Gasteiger partial charge on any atom is 0.336 e. The molecule has 1 aliphatic carbocycles. The second kappa shape index (κ2) is 8.46. The number of ketones is 1. The maximum absolute atomic E-state index is 13.3. The Labute approximate surface area is 185 Å². The number of methoxy groups -OCH3 is 2. The first-order chi connectivity index (χ1) is 14.1. The molecule has 7 heteroatoms. The third kappa shape index (κ3) is 4.00. The zero-order valence-corrected chi connectivity index (χ0v) is 19.9. The summed E-state index contributed by atoms with van der Waals surface area (Å²) in [7, 11) is 3.14. The molecule has 0 radical (unpaired) electrons. The second-order valence-corrected chi connectivity index (χ2v) is 9.24. The Morgan fingerprint density at radius 2 is 1.93 bits per heavy atom. The van der Waals surface area contributed by atoms with Crippen LogP contribution in [0.5, 0.6) is 11.5 Å². The zero-order chi connectivity index (χ0) is 22.2. The van der Waals surface area contributed by atoms with Gasteiger partial charge in [0.25, 0.3) is 0 Å². The van der Waals surface area contributed by atoms with Crippen LogP contribution in [0.25, 0.3) is 0 Å². The van der Waals surface area contributed by atoms with Crippen LogP contribution in [-0.2, 0) is 14.3 Å². The fourth-order valence-corrected chi connectivity index (χ4v) is 4.98. The minimum absolute atomic E-state index is 0.0223. The van der Waals surface area contributed by atoms with E-state index in [1.165, 1.54) is 0 Å². The molecule has 3 rings (SSSR count). The van der Waals surface area contributed by atoms with Gasteiger partial charge in [-0.1, -0.05) is 13.8 Å². The first kappa shape index (κ1) is 22.4. The van der Waals surface area contributed by atoms with Gasteiger partial charge in [0, 0.05) is 29.0 Å². The van der Waals surface area contributed by atoms with Gasteiger partial charge in [0.05, 0.1) is 36.8 Å². The molecule has 0 amide bonds. The van der Waals surface area contributed by atoms with Gasteiger partial charge in [-0.2, -0.15) is 0 Å². The lowest BCUT2D eigenvalue weighted by atomic mass is 9.68. The van der Waals surface area contributed by atoms with Crippen molar-refractivity contribution < 1.29 is 23.8 Å². The van der Waals surface area contributed by atoms with Crippen molar-refractivity contribution in [1.29, 1.82) is 0 Å². The number of carbonyl (C=O) groups excluding carboxylic acids is 2. The third-order valence-corrected chi connectivity index (χ3v) is 6.12. The van der Waals surface area contributed by atoms with E-state index >= 15 is 0 Å². The summed E-state index contributed by atoms with van der Waals surface area (Å²) in [6, 6.07) is 3.62. The average molecular weight is 478 g/mol. The van der Waals surface area contributed by atoms with Crippen LogP contribution >= 0.6 is 15.9 Å². The highest BCUT2D eigenvalue weighted by Crippen LogP contribution is 2.50. The lowest BCUT2D eigenvalue weighted by Gasteiger charge is -2.39. The van der Waals surface area contributed by atoms with Gasteiger partial charge in [-0.05, 0) is 53.7 Å². The van der Waals surface area contributed by atoms with E-state index in [0.29, 0.717) is 51.2 Å². The SMILES string of the molecule is CCOC(=O)C1=C(C)NC2=C(C(=O)CC(C)(C)C2)[C@H]1c1cc(OC)cc(Br)c1OC. The van der Waals surface area contributed by atoms with Crippen molar-refractivity contribution in [2.75, 3.05) is 20.8 Å². The van der Waals surface area contributed by atoms with Gasteiger partial charge >= 0.3 is 5.97 Å². The van der Waals surface area contributed by atoms with E-state index in [4.69, 9.17) is 14.2 Å². The number of benzene rings is 1. The Kier molecular flexibility index (Phi) is 6.32. The van der Waals surface area contributed by atoms with E-state index < -0.39 is 11.9 Å². The van der Waals surface area contributed by atoms with Gasteiger partial charge in [-0.3, -0.25) is 4.79 Å². The predicted octanol–water partition coefficient (Wildman–Crippen LogP) is 4.63. The molecule has 0 saturated carbocycles. The van der Waals surface area contributed by atoms with Crippen molar-refractivity contribution in [3.63, 3.8) is 0 Å². The molecule has 2 aliphatic rings. The molecule has 0 bridgehead atoms. The summed E-state index contributed by atoms with van der Waals surface area (Å²) in [5, 5.41) is 3.33. The number of allylic oxidation sites excluding steroid dienone is 3. The summed E-state index contributed by atoms with van der Waals surface area (Å²) in [6.07, 6.45) is 1.12. The molecule has 0 saturated heterocycles. The van der Waals surface area contributed by atoms with Crippen LogP contribution in [-0.4, -0.2) is 32.6 Å². The summed E-state index contributed by atoms with van der Waals surface area (Å²) in [5.41, 5.74) is 3.09. The topological polar surface area (TPSA) is 73.9 Å². The van der Waals surface area contributed by atoms with Crippen LogP contribution < -0.4 is 14.8 Å². The molecule has 0 unspecified atom stereocenters. The van der Waals surface area contributed by atoms with Crippen LogP contribution in [0.3, 0.4) is 0 Å². The molecule has 30 heavy (non-hydrogen) atoms. The summed E-state index contributed by atoms with van der Waals surface area (Å²) in [4.78, 5) is 26.3. The van der Waals surface area contributed by atoms with Gasteiger partial charge in [0.15, 0.2) is 5.78 Å². The second-order valence-electron chi connectivity index (χ2n) is 8.38. The number of dihydropyridines is 1. The predicted molar refractivity (Wildman–Crippen MR) is 118 cm³/mol. The van der Waals surface area contributed by atoms with E-state index in [1.807, 2.05) is 13.0 Å². The molecule has 1 aromatic carbocycles. The smallest absolute Gasteiger partial charge is 0.336 e. The Balaban J connectivity index is 2.31. The molecule has 1 N–H and O–H groups in total. The quantitative estimate of drug-likeness (QED) is 0.622. The number of hydrogen-bond donors (Lipinski definition) is 1. The Hall–Kier alpha value is -2.28. The minimum atomic E-state index is -0.606. The lowest BCUT2D eigenvalue weighted by Crippen LogP contribution is -2.38. The number of ether oxygens (including phenoxy) is 3. The number of rotatable bonds is 5. The number of nitrogens with one attached hydrogen (secondary N) is 1. The largest absolute Gasteiger partial charge is 0.497 e. The van der Waals surface area contributed by atoms with E-state index in [2.05, 4.69) is 35.1 Å². The van der Waals surface area contributed by atoms with Crippen molar-refractivity contribution in [3.05, 3.63) is 44.7 Å². The molecular formula is C23H28BrNO5. The maximum atomic E-state index is 13.3. The normalized spacial score (nSPS) is 20.5. The van der Waals surface area contributed by atoms with Crippen LogP contribution in [0.15, 0.2) is 39.1 Å². The number of esters is 1. The van der Waals surface area contributed by atoms with Crippen LogP contribution in [0.4, 0.5) is 0 Å². The number of carbonyl (C=O) groups is 2. The highest BCUT2D eigenvalue weighted by molar-refractivity contribution is 9.10. The van der Waals surface area contributed by atoms with E-state index in [9.17, 15) is 9.59 Å². The molecule has 0 aromatic heterocycles. The van der Waals surface area contributed by atoms with Crippen LogP contribution in [0, 0.1) is 5.41 Å².